The van der Waals surface area contributed by atoms with Crippen LogP contribution in [0.4, 0.5) is 4.79 Å². The molecular weight excluding hydrogens is 488 g/mol. The molecule has 1 saturated carbocycles. The average Bonchev–Trinajstić information content (AvgIpc) is 2.88. The van der Waals surface area contributed by atoms with Gasteiger partial charge in [0, 0.05) is 31.7 Å². The zero-order valence-corrected chi connectivity index (χ0v) is 24.5. The maximum absolute atomic E-state index is 13.9. The number of amides is 2. The molecule has 2 fully saturated rings. The number of rotatable bonds is 9. The Morgan fingerprint density at radius 2 is 1.78 bits per heavy atom. The van der Waals surface area contributed by atoms with E-state index in [1.165, 1.54) is 32.1 Å². The van der Waals surface area contributed by atoms with Crippen molar-refractivity contribution in [3.63, 3.8) is 0 Å². The highest BCUT2D eigenvalue weighted by Crippen LogP contribution is 2.31. The van der Waals surface area contributed by atoms with E-state index in [0.717, 1.165) is 36.9 Å². The minimum absolute atomic E-state index is 0.0759. The molecule has 3 rings (SSSR count). The number of halogens is 1. The first-order valence-electron chi connectivity index (χ1n) is 14.0. The Morgan fingerprint density at radius 1 is 1.08 bits per heavy atom. The predicted octanol–water partition coefficient (Wildman–Crippen LogP) is 5.35. The van der Waals surface area contributed by atoms with Gasteiger partial charge in [-0.3, -0.25) is 9.69 Å². The Kier molecular flexibility index (Phi) is 11.1. The molecule has 1 heterocycles. The first kappa shape index (κ1) is 29.7. The molecule has 1 aromatic rings. The number of ether oxygens (including phenoxy) is 1. The lowest BCUT2D eigenvalue weighted by atomic mass is 9.92. The summed E-state index contributed by atoms with van der Waals surface area (Å²) < 4.78 is 5.65. The lowest BCUT2D eigenvalue weighted by Gasteiger charge is -2.43. The first-order valence-corrected chi connectivity index (χ1v) is 14.4. The standard InChI is InChI=1S/C29H47ClN4O3/c1-21-15-16-26(27(30)23(21)3)37-29(36)33-18-19-34(22(2)20-33)28(35)25(14-10-11-17-31(4)5)32(6)24-12-8-7-9-13-24/h15-16,22,24-25H,7-14,17-20H2,1-6H3/t22-,25-/m1/s1. The van der Waals surface area contributed by atoms with Gasteiger partial charge in [0.1, 0.15) is 0 Å². The van der Waals surface area contributed by atoms with Crippen molar-refractivity contribution in [2.24, 2.45) is 0 Å². The van der Waals surface area contributed by atoms with Gasteiger partial charge in [0.05, 0.1) is 11.1 Å². The molecule has 37 heavy (non-hydrogen) atoms. The largest absolute Gasteiger partial charge is 0.415 e. The van der Waals surface area contributed by atoms with Crippen molar-refractivity contribution in [3.05, 3.63) is 28.3 Å². The highest BCUT2D eigenvalue weighted by atomic mass is 35.5. The summed E-state index contributed by atoms with van der Waals surface area (Å²) in [4.78, 5) is 35.1. The van der Waals surface area contributed by atoms with Crippen molar-refractivity contribution in [2.45, 2.75) is 90.3 Å². The Hall–Kier alpha value is -1.83. The molecular formula is C29H47ClN4O3. The van der Waals surface area contributed by atoms with Gasteiger partial charge < -0.3 is 19.4 Å². The van der Waals surface area contributed by atoms with E-state index < -0.39 is 6.09 Å². The van der Waals surface area contributed by atoms with Gasteiger partial charge in [0.2, 0.25) is 5.91 Å². The maximum Gasteiger partial charge on any atom is 0.415 e. The number of piperazine rings is 1. The van der Waals surface area contributed by atoms with Crippen molar-refractivity contribution in [2.75, 3.05) is 47.3 Å². The minimum Gasteiger partial charge on any atom is -0.409 e. The Balaban J connectivity index is 1.63. The van der Waals surface area contributed by atoms with Gasteiger partial charge >= 0.3 is 6.09 Å². The maximum atomic E-state index is 13.9. The third-order valence-electron chi connectivity index (χ3n) is 8.25. The van der Waals surface area contributed by atoms with Gasteiger partial charge in [-0.25, -0.2) is 4.79 Å². The van der Waals surface area contributed by atoms with E-state index in [0.29, 0.717) is 36.4 Å². The number of likely N-dealkylation sites (N-methyl/N-ethyl adjacent to an activating group) is 1. The monoisotopic (exact) mass is 534 g/mol. The lowest BCUT2D eigenvalue weighted by molar-refractivity contribution is -0.142. The quantitative estimate of drug-likeness (QED) is 0.399. The molecule has 0 unspecified atom stereocenters. The number of hydrogen-bond acceptors (Lipinski definition) is 5. The van der Waals surface area contributed by atoms with Crippen molar-refractivity contribution in [1.82, 2.24) is 19.6 Å². The second-order valence-electron chi connectivity index (χ2n) is 11.3. The molecule has 1 aliphatic heterocycles. The number of aryl methyl sites for hydroxylation is 1. The van der Waals surface area contributed by atoms with E-state index in [2.05, 4.69) is 30.9 Å². The molecule has 0 N–H and O–H groups in total. The van der Waals surface area contributed by atoms with Gasteiger partial charge in [-0.1, -0.05) is 43.4 Å². The molecule has 1 saturated heterocycles. The van der Waals surface area contributed by atoms with Crippen LogP contribution in [-0.4, -0.2) is 97.0 Å². The van der Waals surface area contributed by atoms with E-state index in [1.54, 1.807) is 11.0 Å². The van der Waals surface area contributed by atoms with E-state index in [1.807, 2.05) is 31.7 Å². The molecule has 208 valence electrons. The fourth-order valence-electron chi connectivity index (χ4n) is 5.65. The molecule has 0 spiro atoms. The van der Waals surface area contributed by atoms with Crippen LogP contribution in [-0.2, 0) is 4.79 Å². The topological polar surface area (TPSA) is 56.3 Å². The van der Waals surface area contributed by atoms with Crippen molar-refractivity contribution in [3.8, 4) is 5.75 Å². The van der Waals surface area contributed by atoms with E-state index in [9.17, 15) is 9.59 Å². The summed E-state index contributed by atoms with van der Waals surface area (Å²) in [6.07, 6.45) is 8.73. The van der Waals surface area contributed by atoms with Crippen LogP contribution >= 0.6 is 11.6 Å². The van der Waals surface area contributed by atoms with Gasteiger partial charge in [0.15, 0.2) is 5.75 Å². The Morgan fingerprint density at radius 3 is 2.43 bits per heavy atom. The van der Waals surface area contributed by atoms with Crippen LogP contribution in [0.2, 0.25) is 5.02 Å². The normalized spacial score (nSPS) is 20.0. The number of hydrogen-bond donors (Lipinski definition) is 0. The molecule has 1 aromatic carbocycles. The fraction of sp³-hybridized carbons (Fsp3) is 0.724. The molecule has 0 radical (unpaired) electrons. The third kappa shape index (κ3) is 7.84. The summed E-state index contributed by atoms with van der Waals surface area (Å²) in [6, 6.07) is 3.94. The third-order valence-corrected chi connectivity index (χ3v) is 8.72. The number of carbonyl (C=O) groups excluding carboxylic acids is 2. The van der Waals surface area contributed by atoms with Gasteiger partial charge in [-0.15, -0.1) is 0 Å². The molecule has 2 aliphatic rings. The molecule has 0 bridgehead atoms. The highest BCUT2D eigenvalue weighted by molar-refractivity contribution is 6.33. The summed E-state index contributed by atoms with van der Waals surface area (Å²) in [7, 11) is 6.34. The zero-order chi connectivity index (χ0) is 27.1. The summed E-state index contributed by atoms with van der Waals surface area (Å²) in [5, 5.41) is 0.470. The summed E-state index contributed by atoms with van der Waals surface area (Å²) in [5.41, 5.74) is 1.97. The first-order chi connectivity index (χ1) is 17.6. The molecule has 1 aliphatic carbocycles. The van der Waals surface area contributed by atoms with E-state index >= 15 is 0 Å². The van der Waals surface area contributed by atoms with Crippen molar-refractivity contribution < 1.29 is 14.3 Å². The summed E-state index contributed by atoms with van der Waals surface area (Å²) in [5.74, 6) is 0.587. The summed E-state index contributed by atoms with van der Waals surface area (Å²) in [6.45, 7) is 8.39. The van der Waals surface area contributed by atoms with Crippen LogP contribution in [0.1, 0.15) is 69.4 Å². The van der Waals surface area contributed by atoms with Crippen molar-refractivity contribution >= 4 is 23.6 Å². The SMILES string of the molecule is Cc1ccc(OC(=O)N2CCN(C(=O)[C@@H](CCCCN(C)C)N(C)C3CCCCC3)[C@H](C)C2)c(Cl)c1C. The second kappa shape index (κ2) is 13.8. The van der Waals surface area contributed by atoms with Crippen LogP contribution in [0.3, 0.4) is 0 Å². The molecule has 7 nitrogen and oxygen atoms in total. The highest BCUT2D eigenvalue weighted by Gasteiger charge is 2.37. The van der Waals surface area contributed by atoms with Crippen LogP contribution in [0.25, 0.3) is 0 Å². The lowest BCUT2D eigenvalue weighted by Crippen LogP contribution is -2.60. The van der Waals surface area contributed by atoms with Gasteiger partial charge in [0.25, 0.3) is 0 Å². The minimum atomic E-state index is -0.413. The fourth-order valence-corrected chi connectivity index (χ4v) is 5.90. The van der Waals surface area contributed by atoms with Gasteiger partial charge in [-0.05, 0) is 91.3 Å². The average molecular weight is 535 g/mol. The number of nitrogens with zero attached hydrogens (tertiary/aromatic N) is 4. The molecule has 8 heteroatoms. The van der Waals surface area contributed by atoms with Crippen LogP contribution in [0.5, 0.6) is 5.75 Å². The van der Waals surface area contributed by atoms with Crippen LogP contribution in [0.15, 0.2) is 12.1 Å². The van der Waals surface area contributed by atoms with Crippen LogP contribution in [0, 0.1) is 13.8 Å². The van der Waals surface area contributed by atoms with E-state index in [4.69, 9.17) is 16.3 Å². The number of benzene rings is 1. The summed E-state index contributed by atoms with van der Waals surface area (Å²) >= 11 is 6.42. The molecule has 2 atom stereocenters. The smallest absolute Gasteiger partial charge is 0.409 e. The van der Waals surface area contributed by atoms with Gasteiger partial charge in [-0.2, -0.15) is 0 Å². The second-order valence-corrected chi connectivity index (χ2v) is 11.7. The van der Waals surface area contributed by atoms with Crippen molar-refractivity contribution in [1.29, 1.82) is 0 Å². The van der Waals surface area contributed by atoms with Crippen LogP contribution < -0.4 is 4.74 Å². The molecule has 0 aromatic heterocycles. The zero-order valence-electron chi connectivity index (χ0n) is 23.8. The molecule has 2 amide bonds. The predicted molar refractivity (Wildman–Crippen MR) is 151 cm³/mol. The number of unbranched alkanes of at least 4 members (excludes halogenated alkanes) is 1. The Labute approximate surface area is 229 Å². The number of carbonyl (C=O) groups is 2. The van der Waals surface area contributed by atoms with E-state index in [-0.39, 0.29) is 18.0 Å². The Bertz CT molecular complexity index is 919.